The molecule has 0 atom stereocenters. The lowest BCUT2D eigenvalue weighted by molar-refractivity contribution is 0.476. The smallest absolute Gasteiger partial charge is 0.139 e. The summed E-state index contributed by atoms with van der Waals surface area (Å²) in [6.07, 6.45) is 2.25. The molecule has 0 saturated heterocycles. The number of nitrogens with zero attached hydrogens (tertiary/aromatic N) is 2. The zero-order valence-corrected chi connectivity index (χ0v) is 21.5. The van der Waals surface area contributed by atoms with E-state index >= 15 is 0 Å². The molecule has 5 rings (SSSR count). The normalized spacial score (nSPS) is 13.6. The lowest BCUT2D eigenvalue weighted by Crippen LogP contribution is -2.27. The van der Waals surface area contributed by atoms with Crippen LogP contribution < -0.4 is 9.80 Å². The van der Waals surface area contributed by atoms with Gasteiger partial charge in [-0.25, -0.2) is 0 Å². The molecular weight excluding hydrogens is 440 g/mol. The molecule has 0 unspecified atom stereocenters. The molecule has 0 aliphatic carbocycles. The first-order chi connectivity index (χ1) is 17.4. The number of para-hydroxylation sites is 3. The number of aromatic hydroxyl groups is 1. The molecule has 3 heteroatoms. The quantitative estimate of drug-likeness (QED) is 0.303. The van der Waals surface area contributed by atoms with Crippen molar-refractivity contribution in [1.29, 1.82) is 0 Å². The molecule has 0 radical (unpaired) electrons. The van der Waals surface area contributed by atoms with Crippen molar-refractivity contribution >= 4 is 17.1 Å². The monoisotopic (exact) mass is 474 g/mol. The van der Waals surface area contributed by atoms with Gasteiger partial charge in [-0.05, 0) is 58.4 Å². The van der Waals surface area contributed by atoms with Crippen molar-refractivity contribution in [3.63, 3.8) is 0 Å². The van der Waals surface area contributed by atoms with Crippen molar-refractivity contribution in [3.8, 4) is 16.9 Å². The first-order valence-electron chi connectivity index (χ1n) is 12.8. The van der Waals surface area contributed by atoms with Crippen LogP contribution in [0.15, 0.2) is 103 Å². The molecule has 0 saturated carbocycles. The van der Waals surface area contributed by atoms with Crippen LogP contribution in [0.1, 0.15) is 56.2 Å². The highest BCUT2D eigenvalue weighted by Gasteiger charge is 2.30. The SMILES string of the molecule is CC(C)c1cc(-c2ccccc2)cc(C(C)C)c1C1=CN(c2ccccc2)CN1c1ccccc1O. The second kappa shape index (κ2) is 9.94. The maximum Gasteiger partial charge on any atom is 0.139 e. The minimum atomic E-state index is 0.288. The number of phenolic OH excluding ortho intramolecular Hbond substituents is 1. The third-order valence-corrected chi connectivity index (χ3v) is 6.93. The minimum absolute atomic E-state index is 0.288. The zero-order chi connectivity index (χ0) is 25.2. The van der Waals surface area contributed by atoms with E-state index in [-0.39, 0.29) is 5.75 Å². The van der Waals surface area contributed by atoms with E-state index < -0.39 is 0 Å². The Morgan fingerprint density at radius 2 is 1.22 bits per heavy atom. The van der Waals surface area contributed by atoms with E-state index in [9.17, 15) is 5.11 Å². The lowest BCUT2D eigenvalue weighted by Gasteiger charge is -2.29. The summed E-state index contributed by atoms with van der Waals surface area (Å²) in [5.41, 5.74) is 9.46. The largest absolute Gasteiger partial charge is 0.506 e. The summed E-state index contributed by atoms with van der Waals surface area (Å²) in [7, 11) is 0. The van der Waals surface area contributed by atoms with Crippen molar-refractivity contribution in [2.45, 2.75) is 39.5 Å². The maximum atomic E-state index is 10.9. The summed E-state index contributed by atoms with van der Waals surface area (Å²) >= 11 is 0. The van der Waals surface area contributed by atoms with Gasteiger partial charge in [-0.2, -0.15) is 0 Å². The highest BCUT2D eigenvalue weighted by molar-refractivity contribution is 5.90. The number of phenols is 1. The molecule has 0 bridgehead atoms. The van der Waals surface area contributed by atoms with Gasteiger partial charge in [0.2, 0.25) is 0 Å². The molecule has 3 nitrogen and oxygen atoms in total. The Labute approximate surface area is 215 Å². The fraction of sp³-hybridized carbons (Fsp3) is 0.212. The molecule has 36 heavy (non-hydrogen) atoms. The number of rotatable bonds is 6. The lowest BCUT2D eigenvalue weighted by atomic mass is 9.84. The van der Waals surface area contributed by atoms with Gasteiger partial charge in [0.05, 0.1) is 18.1 Å². The molecule has 4 aromatic rings. The van der Waals surface area contributed by atoms with Gasteiger partial charge in [0, 0.05) is 17.5 Å². The van der Waals surface area contributed by atoms with Crippen LogP contribution in [0.25, 0.3) is 16.8 Å². The molecule has 1 N–H and O–H groups in total. The summed E-state index contributed by atoms with van der Waals surface area (Å²) in [4.78, 5) is 4.51. The molecule has 0 spiro atoms. The molecule has 1 heterocycles. The minimum Gasteiger partial charge on any atom is -0.506 e. The van der Waals surface area contributed by atoms with Crippen molar-refractivity contribution in [2.75, 3.05) is 16.5 Å². The van der Waals surface area contributed by atoms with Crippen LogP contribution in [-0.4, -0.2) is 11.8 Å². The first-order valence-corrected chi connectivity index (χ1v) is 12.8. The van der Waals surface area contributed by atoms with E-state index in [1.165, 1.54) is 27.8 Å². The van der Waals surface area contributed by atoms with E-state index in [2.05, 4.69) is 110 Å². The van der Waals surface area contributed by atoms with Crippen molar-refractivity contribution in [3.05, 3.63) is 120 Å². The van der Waals surface area contributed by atoms with Crippen LogP contribution in [-0.2, 0) is 0 Å². The van der Waals surface area contributed by atoms with E-state index in [1.807, 2.05) is 24.3 Å². The Morgan fingerprint density at radius 3 is 1.81 bits per heavy atom. The maximum absolute atomic E-state index is 10.9. The topological polar surface area (TPSA) is 26.7 Å². The molecule has 1 aliphatic heterocycles. The Kier molecular flexibility index (Phi) is 6.56. The number of benzene rings is 4. The van der Waals surface area contributed by atoms with Crippen LogP contribution in [0.2, 0.25) is 0 Å². The Hall–Kier alpha value is -3.98. The molecule has 0 aromatic heterocycles. The van der Waals surface area contributed by atoms with E-state index in [4.69, 9.17) is 0 Å². The summed E-state index contributed by atoms with van der Waals surface area (Å²) in [6.45, 7) is 9.71. The fourth-order valence-corrected chi connectivity index (χ4v) is 5.05. The highest BCUT2D eigenvalue weighted by Crippen LogP contribution is 2.44. The molecule has 0 fully saturated rings. The van der Waals surface area contributed by atoms with E-state index in [0.717, 1.165) is 17.1 Å². The van der Waals surface area contributed by atoms with Crippen LogP contribution in [0.5, 0.6) is 5.75 Å². The average Bonchev–Trinajstić information content (AvgIpc) is 3.34. The Morgan fingerprint density at radius 1 is 0.667 bits per heavy atom. The molecular formula is C33H34N2O. The molecule has 182 valence electrons. The van der Waals surface area contributed by atoms with Gasteiger partial charge in [0.25, 0.3) is 0 Å². The summed E-state index contributed by atoms with van der Waals surface area (Å²) in [6, 6.07) is 33.4. The zero-order valence-electron chi connectivity index (χ0n) is 21.5. The summed E-state index contributed by atoms with van der Waals surface area (Å²) < 4.78 is 0. The fourth-order valence-electron chi connectivity index (χ4n) is 5.05. The third-order valence-electron chi connectivity index (χ3n) is 6.93. The van der Waals surface area contributed by atoms with E-state index in [1.54, 1.807) is 6.07 Å². The van der Waals surface area contributed by atoms with Crippen LogP contribution in [0.4, 0.5) is 11.4 Å². The highest BCUT2D eigenvalue weighted by atomic mass is 16.3. The average molecular weight is 475 g/mol. The van der Waals surface area contributed by atoms with Crippen molar-refractivity contribution in [2.24, 2.45) is 0 Å². The number of hydrogen-bond acceptors (Lipinski definition) is 3. The second-order valence-corrected chi connectivity index (χ2v) is 10.1. The number of hydrogen-bond donors (Lipinski definition) is 1. The summed E-state index contributed by atoms with van der Waals surface area (Å²) in [5.74, 6) is 0.953. The van der Waals surface area contributed by atoms with E-state index in [0.29, 0.717) is 18.5 Å². The van der Waals surface area contributed by atoms with Gasteiger partial charge in [-0.15, -0.1) is 0 Å². The van der Waals surface area contributed by atoms with Gasteiger partial charge in [0.15, 0.2) is 0 Å². The molecule has 4 aromatic carbocycles. The van der Waals surface area contributed by atoms with Crippen molar-refractivity contribution in [1.82, 2.24) is 0 Å². The predicted molar refractivity (Wildman–Crippen MR) is 152 cm³/mol. The van der Waals surface area contributed by atoms with Gasteiger partial charge in [-0.3, -0.25) is 0 Å². The van der Waals surface area contributed by atoms with Gasteiger partial charge in [-0.1, -0.05) is 100 Å². The van der Waals surface area contributed by atoms with Gasteiger partial charge < -0.3 is 14.9 Å². The molecule has 1 aliphatic rings. The van der Waals surface area contributed by atoms with Crippen LogP contribution >= 0.6 is 0 Å². The van der Waals surface area contributed by atoms with Gasteiger partial charge in [0.1, 0.15) is 5.75 Å². The van der Waals surface area contributed by atoms with Crippen molar-refractivity contribution < 1.29 is 5.11 Å². The first kappa shape index (κ1) is 23.7. The second-order valence-electron chi connectivity index (χ2n) is 10.1. The summed E-state index contributed by atoms with van der Waals surface area (Å²) in [5, 5.41) is 10.9. The Bertz CT molecular complexity index is 1340. The van der Waals surface area contributed by atoms with Crippen LogP contribution in [0, 0.1) is 0 Å². The molecule has 0 amide bonds. The Balaban J connectivity index is 1.75. The van der Waals surface area contributed by atoms with Gasteiger partial charge >= 0.3 is 0 Å². The standard InChI is InChI=1S/C33H34N2O/c1-23(2)28-19-26(25-13-7-5-8-14-25)20-29(24(3)4)33(28)31-21-34(27-15-9-6-10-16-27)22-35(31)30-17-11-12-18-32(30)36/h5-21,23-24,36H,22H2,1-4H3. The third kappa shape index (κ3) is 4.49. The van der Waals surface area contributed by atoms with Crippen LogP contribution in [0.3, 0.4) is 0 Å². The predicted octanol–water partition coefficient (Wildman–Crippen LogP) is 8.59. The number of anilines is 2.